The zero-order chi connectivity index (χ0) is 27.0. The topological polar surface area (TPSA) is 101 Å². The fourth-order valence-corrected chi connectivity index (χ4v) is 6.38. The van der Waals surface area contributed by atoms with Gasteiger partial charge in [-0.25, -0.2) is 14.6 Å². The molecule has 1 aromatic carbocycles. The minimum atomic E-state index is -0.822. The molecule has 1 aromatic heterocycles. The molecule has 3 aliphatic heterocycles. The number of carbonyl (C=O) groups excluding carboxylic acids is 3. The van der Waals surface area contributed by atoms with Crippen LogP contribution in [0.4, 0.5) is 9.93 Å². The van der Waals surface area contributed by atoms with Gasteiger partial charge >= 0.3 is 12.1 Å². The number of aryl methyl sites for hydroxylation is 2. The number of thiazole rings is 1. The van der Waals surface area contributed by atoms with Gasteiger partial charge in [0, 0.05) is 24.9 Å². The molecule has 9 nitrogen and oxygen atoms in total. The quantitative estimate of drug-likeness (QED) is 0.543. The molecule has 0 spiro atoms. The number of hydrogen-bond acceptors (Lipinski definition) is 8. The molecule has 10 heteroatoms. The van der Waals surface area contributed by atoms with Crippen LogP contribution in [0.3, 0.4) is 0 Å². The van der Waals surface area contributed by atoms with Gasteiger partial charge in [-0.3, -0.25) is 9.69 Å². The summed E-state index contributed by atoms with van der Waals surface area (Å²) in [5, 5.41) is 6.08. The number of nitrogens with zero attached hydrogens (tertiary/aromatic N) is 3. The molecule has 1 N–H and O–H groups in total. The van der Waals surface area contributed by atoms with E-state index in [0.29, 0.717) is 18.2 Å². The van der Waals surface area contributed by atoms with Gasteiger partial charge in [-0.15, -0.1) is 11.3 Å². The van der Waals surface area contributed by atoms with Crippen LogP contribution in [-0.2, 0) is 45.0 Å². The SMILES string of the molecule is COC(=O)[C@@H]1C[C@@H]2CN1C(=O)[C@H](C(C)(C)C)Nc1nc(cs1)CCCCc1cccc3c1CN(C3)C(=O)O2. The van der Waals surface area contributed by atoms with Crippen molar-refractivity contribution in [3.05, 3.63) is 46.0 Å². The van der Waals surface area contributed by atoms with Gasteiger partial charge in [-0.1, -0.05) is 39.0 Å². The third-order valence-corrected chi connectivity index (χ3v) is 8.51. The Balaban J connectivity index is 1.46. The van der Waals surface area contributed by atoms with E-state index in [1.807, 2.05) is 26.2 Å². The Morgan fingerprint density at radius 3 is 2.68 bits per heavy atom. The molecule has 0 radical (unpaired) electrons. The smallest absolute Gasteiger partial charge is 0.410 e. The summed E-state index contributed by atoms with van der Waals surface area (Å²) >= 11 is 1.49. The number of nitrogens with one attached hydrogen (secondary N) is 1. The van der Waals surface area contributed by atoms with Crippen molar-refractivity contribution in [2.75, 3.05) is 19.0 Å². The van der Waals surface area contributed by atoms with Gasteiger partial charge in [-0.05, 0) is 47.8 Å². The summed E-state index contributed by atoms with van der Waals surface area (Å²) < 4.78 is 10.9. The average molecular weight is 541 g/mol. The van der Waals surface area contributed by atoms with E-state index in [1.54, 1.807) is 4.90 Å². The van der Waals surface area contributed by atoms with E-state index in [-0.39, 0.29) is 18.9 Å². The van der Waals surface area contributed by atoms with E-state index < -0.39 is 35.7 Å². The number of anilines is 1. The van der Waals surface area contributed by atoms with Gasteiger partial charge in [0.25, 0.3) is 0 Å². The van der Waals surface area contributed by atoms with Crippen LogP contribution >= 0.6 is 11.3 Å². The maximum atomic E-state index is 13.9. The monoisotopic (exact) mass is 540 g/mol. The number of rotatable bonds is 1. The summed E-state index contributed by atoms with van der Waals surface area (Å²) in [6.45, 7) is 7.07. The third-order valence-electron chi connectivity index (χ3n) is 7.69. The van der Waals surface area contributed by atoms with Crippen molar-refractivity contribution >= 4 is 34.4 Å². The molecule has 4 heterocycles. The molecule has 1 saturated heterocycles. The van der Waals surface area contributed by atoms with E-state index >= 15 is 0 Å². The Kier molecular flexibility index (Phi) is 7.35. The summed E-state index contributed by atoms with van der Waals surface area (Å²) in [5.41, 5.74) is 4.16. The second kappa shape index (κ2) is 10.6. The van der Waals surface area contributed by atoms with Crippen molar-refractivity contribution in [2.45, 2.75) is 84.2 Å². The number of fused-ring (bicyclic) bond motifs is 5. The molecule has 3 atom stereocenters. The van der Waals surface area contributed by atoms with E-state index in [2.05, 4.69) is 23.5 Å². The first-order valence-corrected chi connectivity index (χ1v) is 14.2. The Bertz CT molecular complexity index is 1220. The Hall–Kier alpha value is -3.14. The predicted molar refractivity (Wildman–Crippen MR) is 144 cm³/mol. The standard InChI is InChI=1S/C28H36N4O5S/c1-28(2,3)23-24(33)32-14-20(12-22(32)25(34)36-4)37-27(35)31-13-18-10-7-9-17(21(18)15-31)8-5-6-11-19-16-38-26(29-19)30-23/h7,9-10,16,20,22-23H,5-6,8,11-15H2,1-4H3,(H,29,30)/t20-,22+,23-/m1/s1. The highest BCUT2D eigenvalue weighted by Gasteiger charge is 2.46. The Labute approximate surface area is 227 Å². The molecule has 3 aliphatic rings. The fraction of sp³-hybridized carbons (Fsp3) is 0.571. The third kappa shape index (κ3) is 5.36. The molecule has 38 heavy (non-hydrogen) atoms. The van der Waals surface area contributed by atoms with Crippen molar-refractivity contribution in [2.24, 2.45) is 5.41 Å². The minimum absolute atomic E-state index is 0.133. The van der Waals surface area contributed by atoms with Gasteiger partial charge in [0.05, 0.1) is 19.3 Å². The second-order valence-corrected chi connectivity index (χ2v) is 12.3. The highest BCUT2D eigenvalue weighted by Crippen LogP contribution is 2.32. The molecule has 204 valence electrons. The zero-order valence-electron chi connectivity index (χ0n) is 22.5. The number of aromatic nitrogens is 1. The largest absolute Gasteiger partial charge is 0.467 e. The average Bonchev–Trinajstić information content (AvgIpc) is 3.61. The minimum Gasteiger partial charge on any atom is -0.467 e. The first-order chi connectivity index (χ1) is 18.1. The summed E-state index contributed by atoms with van der Waals surface area (Å²) in [5.74, 6) is -0.749. The van der Waals surface area contributed by atoms with Crippen LogP contribution in [0.5, 0.6) is 0 Å². The van der Waals surface area contributed by atoms with Crippen LogP contribution < -0.4 is 5.32 Å². The lowest BCUT2D eigenvalue weighted by atomic mass is 9.85. The van der Waals surface area contributed by atoms with Crippen LogP contribution in [-0.4, -0.2) is 64.6 Å². The molecular weight excluding hydrogens is 504 g/mol. The Morgan fingerprint density at radius 2 is 1.92 bits per heavy atom. The number of amides is 2. The number of ether oxygens (including phenoxy) is 2. The van der Waals surface area contributed by atoms with Crippen molar-refractivity contribution in [1.82, 2.24) is 14.8 Å². The van der Waals surface area contributed by atoms with Crippen LogP contribution in [0, 0.1) is 5.41 Å². The number of esters is 1. The normalized spacial score (nSPS) is 24.3. The van der Waals surface area contributed by atoms with Gasteiger partial charge in [-0.2, -0.15) is 0 Å². The Morgan fingerprint density at radius 1 is 1.16 bits per heavy atom. The van der Waals surface area contributed by atoms with E-state index in [4.69, 9.17) is 14.5 Å². The van der Waals surface area contributed by atoms with Gasteiger partial charge < -0.3 is 19.7 Å². The second-order valence-electron chi connectivity index (χ2n) is 11.5. The lowest BCUT2D eigenvalue weighted by molar-refractivity contribution is -0.151. The fourth-order valence-electron chi connectivity index (χ4n) is 5.61. The van der Waals surface area contributed by atoms with Crippen LogP contribution in [0.25, 0.3) is 0 Å². The van der Waals surface area contributed by atoms with Gasteiger partial charge in [0.15, 0.2) is 5.13 Å². The number of methoxy groups -OCH3 is 1. The van der Waals surface area contributed by atoms with Crippen LogP contribution in [0.15, 0.2) is 23.6 Å². The molecular formula is C28H36N4O5S. The summed E-state index contributed by atoms with van der Waals surface area (Å²) in [6, 6.07) is 4.82. The van der Waals surface area contributed by atoms with Crippen LogP contribution in [0.1, 0.15) is 62.4 Å². The molecule has 6 bridgehead atoms. The van der Waals surface area contributed by atoms with Crippen molar-refractivity contribution < 1.29 is 23.9 Å². The number of carbonyl (C=O) groups is 3. The van der Waals surface area contributed by atoms with Crippen molar-refractivity contribution in [3.8, 4) is 0 Å². The molecule has 0 aliphatic carbocycles. The van der Waals surface area contributed by atoms with Gasteiger partial charge in [0.2, 0.25) is 5.91 Å². The van der Waals surface area contributed by atoms with Gasteiger partial charge in [0.1, 0.15) is 18.2 Å². The zero-order valence-corrected chi connectivity index (χ0v) is 23.3. The molecule has 0 unspecified atom stereocenters. The van der Waals surface area contributed by atoms with Crippen molar-refractivity contribution in [1.29, 1.82) is 0 Å². The maximum Gasteiger partial charge on any atom is 0.410 e. The van der Waals surface area contributed by atoms with Crippen LogP contribution in [0.2, 0.25) is 0 Å². The molecule has 0 saturated carbocycles. The highest BCUT2D eigenvalue weighted by molar-refractivity contribution is 7.13. The predicted octanol–water partition coefficient (Wildman–Crippen LogP) is 4.14. The van der Waals surface area contributed by atoms with E-state index in [9.17, 15) is 14.4 Å². The lowest BCUT2D eigenvalue weighted by Crippen LogP contribution is -2.52. The molecule has 2 aromatic rings. The van der Waals surface area contributed by atoms with Crippen molar-refractivity contribution in [3.63, 3.8) is 0 Å². The number of hydrogen-bond donors (Lipinski definition) is 1. The highest BCUT2D eigenvalue weighted by atomic mass is 32.1. The number of benzene rings is 1. The molecule has 5 rings (SSSR count). The summed E-state index contributed by atoms with van der Waals surface area (Å²) in [4.78, 5) is 47.8. The maximum absolute atomic E-state index is 13.9. The molecule has 2 amide bonds. The summed E-state index contributed by atoms with van der Waals surface area (Å²) in [7, 11) is 1.31. The molecule has 1 fully saturated rings. The van der Waals surface area contributed by atoms with E-state index in [0.717, 1.165) is 36.9 Å². The lowest BCUT2D eigenvalue weighted by Gasteiger charge is -2.35. The van der Waals surface area contributed by atoms with E-state index in [1.165, 1.54) is 34.5 Å². The summed E-state index contributed by atoms with van der Waals surface area (Å²) in [6.07, 6.45) is 3.00. The first-order valence-electron chi connectivity index (χ1n) is 13.3. The first kappa shape index (κ1) is 26.5.